The number of hydrogen-bond donors (Lipinski definition) is 1. The van der Waals surface area contributed by atoms with Crippen LogP contribution in [0.5, 0.6) is 11.5 Å². The maximum absolute atomic E-state index is 13.5. The molecule has 3 aromatic carbocycles. The Morgan fingerprint density at radius 1 is 0.917 bits per heavy atom. The van der Waals surface area contributed by atoms with Gasteiger partial charge >= 0.3 is 0 Å². The van der Waals surface area contributed by atoms with Crippen LogP contribution >= 0.6 is 0 Å². The average molecular weight is 484 g/mol. The van der Waals surface area contributed by atoms with Gasteiger partial charge in [0.05, 0.1) is 5.41 Å². The van der Waals surface area contributed by atoms with Crippen molar-refractivity contribution in [3.63, 3.8) is 0 Å². The van der Waals surface area contributed by atoms with Crippen molar-refractivity contribution in [1.82, 2.24) is 5.32 Å². The zero-order valence-corrected chi connectivity index (χ0v) is 21.1. The number of ether oxygens (including phenoxy) is 2. The van der Waals surface area contributed by atoms with Gasteiger partial charge < -0.3 is 14.8 Å². The Morgan fingerprint density at radius 2 is 1.67 bits per heavy atom. The lowest BCUT2D eigenvalue weighted by atomic mass is 9.87. The van der Waals surface area contributed by atoms with Crippen LogP contribution < -0.4 is 14.8 Å². The molecule has 1 amide bonds. The molecule has 1 aliphatic carbocycles. The summed E-state index contributed by atoms with van der Waals surface area (Å²) >= 11 is 0. The van der Waals surface area contributed by atoms with E-state index in [2.05, 4.69) is 61.6 Å². The standard InChI is InChI=1S/C31H33NO4/c1-3-4-5-30(34)32-19-22-8-10-24(11-9-22)26-16-23(7-6-21(26)2)17-29(33)31(14-15-31)25-12-13-27-28(18-25)36-20-35-27/h6-13,16,18H,3-5,14-15,17,19-20H2,1-2H3,(H,32,34). The second-order valence-electron chi connectivity index (χ2n) is 9.98. The van der Waals surface area contributed by atoms with Crippen molar-refractivity contribution in [2.45, 2.75) is 64.3 Å². The Hall–Kier alpha value is -3.60. The highest BCUT2D eigenvalue weighted by Crippen LogP contribution is 2.51. The Morgan fingerprint density at radius 3 is 2.42 bits per heavy atom. The van der Waals surface area contributed by atoms with Crippen LogP contribution in [0.2, 0.25) is 0 Å². The van der Waals surface area contributed by atoms with Gasteiger partial charge in [0.1, 0.15) is 5.78 Å². The maximum Gasteiger partial charge on any atom is 0.231 e. The smallest absolute Gasteiger partial charge is 0.231 e. The van der Waals surface area contributed by atoms with E-state index in [1.807, 2.05) is 18.2 Å². The van der Waals surface area contributed by atoms with Gasteiger partial charge in [-0.2, -0.15) is 0 Å². The number of aryl methyl sites for hydroxylation is 1. The molecule has 0 aromatic heterocycles. The fraction of sp³-hybridized carbons (Fsp3) is 0.355. The molecule has 1 heterocycles. The molecular formula is C31H33NO4. The molecule has 1 aliphatic heterocycles. The van der Waals surface area contributed by atoms with Crippen molar-refractivity contribution in [2.75, 3.05) is 6.79 Å². The number of carbonyl (C=O) groups excluding carboxylic acids is 2. The molecule has 2 aliphatic rings. The largest absolute Gasteiger partial charge is 0.454 e. The van der Waals surface area contributed by atoms with E-state index in [0.717, 1.165) is 65.0 Å². The number of benzene rings is 3. The van der Waals surface area contributed by atoms with Crippen LogP contribution in [-0.4, -0.2) is 18.5 Å². The van der Waals surface area contributed by atoms with Crippen molar-refractivity contribution >= 4 is 11.7 Å². The average Bonchev–Trinajstić information content (AvgIpc) is 3.58. The zero-order chi connectivity index (χ0) is 25.1. The third kappa shape index (κ3) is 5.01. The molecule has 0 bridgehead atoms. The molecular weight excluding hydrogens is 450 g/mol. The molecule has 0 saturated heterocycles. The lowest BCUT2D eigenvalue weighted by molar-refractivity contribution is -0.121. The summed E-state index contributed by atoms with van der Waals surface area (Å²) in [5.74, 6) is 1.83. The molecule has 0 radical (unpaired) electrons. The summed E-state index contributed by atoms with van der Waals surface area (Å²) in [4.78, 5) is 25.4. The minimum Gasteiger partial charge on any atom is -0.454 e. The van der Waals surface area contributed by atoms with Gasteiger partial charge in [-0.15, -0.1) is 0 Å². The second kappa shape index (κ2) is 10.2. The van der Waals surface area contributed by atoms with Gasteiger partial charge in [0.2, 0.25) is 12.7 Å². The molecule has 3 aromatic rings. The van der Waals surface area contributed by atoms with Crippen LogP contribution in [0, 0.1) is 6.92 Å². The van der Waals surface area contributed by atoms with Gasteiger partial charge in [0, 0.05) is 19.4 Å². The number of rotatable bonds is 10. The number of carbonyl (C=O) groups is 2. The highest BCUT2D eigenvalue weighted by Gasteiger charge is 2.50. The first-order valence-corrected chi connectivity index (χ1v) is 12.9. The second-order valence-corrected chi connectivity index (χ2v) is 9.98. The summed E-state index contributed by atoms with van der Waals surface area (Å²) in [7, 11) is 0. The lowest BCUT2D eigenvalue weighted by Gasteiger charge is -2.16. The van der Waals surface area contributed by atoms with Gasteiger partial charge in [-0.05, 0) is 71.7 Å². The van der Waals surface area contributed by atoms with Crippen molar-refractivity contribution in [1.29, 1.82) is 0 Å². The number of fused-ring (bicyclic) bond motifs is 1. The van der Waals surface area contributed by atoms with E-state index in [9.17, 15) is 9.59 Å². The summed E-state index contributed by atoms with van der Waals surface area (Å²) in [6.07, 6.45) is 4.67. The molecule has 0 atom stereocenters. The minimum absolute atomic E-state index is 0.100. The normalized spacial score (nSPS) is 14.9. The number of Topliss-reactive ketones (excluding diaryl/α,β-unsaturated/α-hetero) is 1. The Labute approximate surface area is 212 Å². The van der Waals surface area contributed by atoms with Gasteiger partial charge in [0.15, 0.2) is 11.5 Å². The number of ketones is 1. The minimum atomic E-state index is -0.407. The predicted octanol–water partition coefficient (Wildman–Crippen LogP) is 6.04. The summed E-state index contributed by atoms with van der Waals surface area (Å²) in [6, 6.07) is 20.5. The first kappa shape index (κ1) is 24.1. The quantitative estimate of drug-likeness (QED) is 0.382. The molecule has 1 N–H and O–H groups in total. The summed E-state index contributed by atoms with van der Waals surface area (Å²) in [5.41, 5.74) is 6.14. The Bertz CT molecular complexity index is 1270. The van der Waals surface area contributed by atoms with E-state index in [1.54, 1.807) is 0 Å². The molecule has 0 unspecified atom stereocenters. The van der Waals surface area contributed by atoms with Crippen molar-refractivity contribution < 1.29 is 19.1 Å². The van der Waals surface area contributed by atoms with E-state index in [-0.39, 0.29) is 18.5 Å². The van der Waals surface area contributed by atoms with Gasteiger partial charge in [-0.3, -0.25) is 9.59 Å². The lowest BCUT2D eigenvalue weighted by Crippen LogP contribution is -2.22. The van der Waals surface area contributed by atoms with Crippen LogP contribution in [0.25, 0.3) is 11.1 Å². The van der Waals surface area contributed by atoms with Crippen LogP contribution in [0.15, 0.2) is 60.7 Å². The van der Waals surface area contributed by atoms with E-state index in [4.69, 9.17) is 9.47 Å². The molecule has 0 spiro atoms. The van der Waals surface area contributed by atoms with Crippen LogP contribution in [-0.2, 0) is 28.0 Å². The van der Waals surface area contributed by atoms with E-state index < -0.39 is 5.41 Å². The fourth-order valence-electron chi connectivity index (χ4n) is 4.92. The molecule has 5 nitrogen and oxygen atoms in total. The molecule has 5 heteroatoms. The first-order chi connectivity index (χ1) is 17.5. The molecule has 36 heavy (non-hydrogen) atoms. The van der Waals surface area contributed by atoms with Crippen molar-refractivity contribution in [3.8, 4) is 22.6 Å². The summed E-state index contributed by atoms with van der Waals surface area (Å²) in [5, 5.41) is 2.99. The Balaban J connectivity index is 1.27. The zero-order valence-electron chi connectivity index (χ0n) is 21.1. The number of amides is 1. The van der Waals surface area contributed by atoms with Crippen LogP contribution in [0.3, 0.4) is 0 Å². The number of nitrogens with one attached hydrogen (secondary N) is 1. The monoisotopic (exact) mass is 483 g/mol. The Kier molecular flexibility index (Phi) is 6.82. The highest BCUT2D eigenvalue weighted by atomic mass is 16.7. The summed E-state index contributed by atoms with van der Waals surface area (Å²) in [6.45, 7) is 4.96. The van der Waals surface area contributed by atoms with E-state index >= 15 is 0 Å². The first-order valence-electron chi connectivity index (χ1n) is 12.9. The molecule has 1 saturated carbocycles. The number of unbranched alkanes of at least 4 members (excludes halogenated alkanes) is 1. The van der Waals surface area contributed by atoms with Crippen molar-refractivity contribution in [3.05, 3.63) is 82.9 Å². The van der Waals surface area contributed by atoms with E-state index in [0.29, 0.717) is 19.4 Å². The topological polar surface area (TPSA) is 64.6 Å². The third-order valence-electron chi connectivity index (χ3n) is 7.39. The highest BCUT2D eigenvalue weighted by molar-refractivity contribution is 5.95. The predicted molar refractivity (Wildman–Crippen MR) is 140 cm³/mol. The SMILES string of the molecule is CCCCC(=O)NCc1ccc(-c2cc(CC(=O)C3(c4ccc5c(c4)OCO5)CC3)ccc2C)cc1. The van der Waals surface area contributed by atoms with Gasteiger partial charge in [-0.25, -0.2) is 0 Å². The van der Waals surface area contributed by atoms with Crippen LogP contribution in [0.4, 0.5) is 0 Å². The maximum atomic E-state index is 13.5. The van der Waals surface area contributed by atoms with Gasteiger partial charge in [0.25, 0.3) is 0 Å². The molecule has 1 fully saturated rings. The fourth-order valence-corrected chi connectivity index (χ4v) is 4.92. The van der Waals surface area contributed by atoms with Gasteiger partial charge in [-0.1, -0.05) is 61.9 Å². The van der Waals surface area contributed by atoms with Crippen molar-refractivity contribution in [2.24, 2.45) is 0 Å². The van der Waals surface area contributed by atoms with Crippen LogP contribution in [0.1, 0.15) is 61.3 Å². The summed E-state index contributed by atoms with van der Waals surface area (Å²) < 4.78 is 11.0. The molecule has 5 rings (SSSR count). The van der Waals surface area contributed by atoms with E-state index in [1.165, 1.54) is 5.56 Å². The third-order valence-corrected chi connectivity index (χ3v) is 7.39. The number of hydrogen-bond acceptors (Lipinski definition) is 4. The molecule has 186 valence electrons.